The van der Waals surface area contributed by atoms with Crippen LogP contribution in [0, 0.1) is 6.92 Å². The van der Waals surface area contributed by atoms with Gasteiger partial charge in [0.25, 0.3) is 0 Å². The van der Waals surface area contributed by atoms with Crippen LogP contribution in [-0.2, 0) is 0 Å². The van der Waals surface area contributed by atoms with Gasteiger partial charge in [0.05, 0.1) is 0 Å². The Morgan fingerprint density at radius 1 is 0.737 bits per heavy atom. The highest BCUT2D eigenvalue weighted by Crippen LogP contribution is 2.32. The van der Waals surface area contributed by atoms with Crippen LogP contribution in [0.4, 0.5) is 0 Å². The molecule has 0 heterocycles. The Morgan fingerprint density at radius 3 is 1.89 bits per heavy atom. The average molecular weight is 252 g/mol. The van der Waals surface area contributed by atoms with Crippen molar-refractivity contribution >= 4 is 0 Å². The molecule has 0 aliphatic rings. The van der Waals surface area contributed by atoms with E-state index in [2.05, 4.69) is 77.1 Å². The molecular weight excluding hydrogens is 228 g/mol. The Balaban J connectivity index is 2.57. The van der Waals surface area contributed by atoms with Crippen LogP contribution < -0.4 is 0 Å². The fraction of sp³-hybridized carbons (Fsp3) is 0.368. The summed E-state index contributed by atoms with van der Waals surface area (Å²) in [5.41, 5.74) is 6.89. The first-order valence-corrected chi connectivity index (χ1v) is 7.20. The van der Waals surface area contributed by atoms with Gasteiger partial charge in [0.1, 0.15) is 0 Å². The summed E-state index contributed by atoms with van der Waals surface area (Å²) in [6.45, 7) is 11.2. The van der Waals surface area contributed by atoms with E-state index in [4.69, 9.17) is 0 Å². The van der Waals surface area contributed by atoms with Gasteiger partial charge < -0.3 is 0 Å². The van der Waals surface area contributed by atoms with E-state index < -0.39 is 0 Å². The van der Waals surface area contributed by atoms with Crippen LogP contribution in [-0.4, -0.2) is 0 Å². The van der Waals surface area contributed by atoms with Crippen molar-refractivity contribution in [2.24, 2.45) is 0 Å². The number of aryl methyl sites for hydroxylation is 1. The molecular formula is C19H24. The minimum absolute atomic E-state index is 0.553. The van der Waals surface area contributed by atoms with Gasteiger partial charge in [-0.25, -0.2) is 0 Å². The SMILES string of the molecule is Cc1ccc(-c2cc(C(C)C)ccc2C(C)C)cc1. The molecule has 0 saturated carbocycles. The molecule has 19 heavy (non-hydrogen) atoms. The molecule has 0 spiro atoms. The first-order chi connectivity index (χ1) is 8.99. The van der Waals surface area contributed by atoms with Gasteiger partial charge in [-0.2, -0.15) is 0 Å². The van der Waals surface area contributed by atoms with Crippen LogP contribution in [0.25, 0.3) is 11.1 Å². The summed E-state index contributed by atoms with van der Waals surface area (Å²) in [5, 5.41) is 0. The zero-order chi connectivity index (χ0) is 14.0. The highest BCUT2D eigenvalue weighted by molar-refractivity contribution is 5.69. The summed E-state index contributed by atoms with van der Waals surface area (Å²) in [6.07, 6.45) is 0. The van der Waals surface area contributed by atoms with Gasteiger partial charge in [-0.1, -0.05) is 75.7 Å². The number of hydrogen-bond donors (Lipinski definition) is 0. The lowest BCUT2D eigenvalue weighted by Gasteiger charge is -2.16. The van der Waals surface area contributed by atoms with Gasteiger partial charge in [0.15, 0.2) is 0 Å². The molecule has 2 aromatic rings. The van der Waals surface area contributed by atoms with Gasteiger partial charge in [0.2, 0.25) is 0 Å². The van der Waals surface area contributed by atoms with E-state index in [9.17, 15) is 0 Å². The molecule has 0 radical (unpaired) electrons. The zero-order valence-corrected chi connectivity index (χ0v) is 12.7. The summed E-state index contributed by atoms with van der Waals surface area (Å²) in [5.74, 6) is 1.13. The Hall–Kier alpha value is -1.56. The monoisotopic (exact) mass is 252 g/mol. The lowest BCUT2D eigenvalue weighted by atomic mass is 9.88. The van der Waals surface area contributed by atoms with Crippen LogP contribution in [0.15, 0.2) is 42.5 Å². The maximum atomic E-state index is 2.37. The third-order valence-electron chi connectivity index (χ3n) is 3.73. The van der Waals surface area contributed by atoms with Crippen molar-refractivity contribution in [1.29, 1.82) is 0 Å². The van der Waals surface area contributed by atoms with E-state index >= 15 is 0 Å². The molecule has 2 rings (SSSR count). The molecule has 0 bridgehead atoms. The van der Waals surface area contributed by atoms with Crippen molar-refractivity contribution < 1.29 is 0 Å². The normalized spacial score (nSPS) is 11.3. The van der Waals surface area contributed by atoms with Crippen LogP contribution in [0.3, 0.4) is 0 Å². The van der Waals surface area contributed by atoms with Gasteiger partial charge >= 0.3 is 0 Å². The molecule has 0 N–H and O–H groups in total. The largest absolute Gasteiger partial charge is 0.0587 e. The van der Waals surface area contributed by atoms with Crippen molar-refractivity contribution in [2.45, 2.75) is 46.5 Å². The summed E-state index contributed by atoms with van der Waals surface area (Å²) < 4.78 is 0. The predicted octanol–water partition coefficient (Wildman–Crippen LogP) is 5.91. The fourth-order valence-electron chi connectivity index (χ4n) is 2.42. The number of hydrogen-bond acceptors (Lipinski definition) is 0. The second-order valence-corrected chi connectivity index (χ2v) is 6.02. The smallest absolute Gasteiger partial charge is 0.0146 e. The standard InChI is InChI=1S/C19H24/c1-13(2)17-10-11-18(14(3)4)19(12-17)16-8-6-15(5)7-9-16/h6-14H,1-5H3. The minimum atomic E-state index is 0.553. The molecule has 100 valence electrons. The molecule has 0 heteroatoms. The highest BCUT2D eigenvalue weighted by atomic mass is 14.2. The van der Waals surface area contributed by atoms with Crippen LogP contribution in [0.2, 0.25) is 0 Å². The lowest BCUT2D eigenvalue weighted by Crippen LogP contribution is -1.96. The van der Waals surface area contributed by atoms with E-state index in [1.54, 1.807) is 0 Å². The Labute approximate surface area is 117 Å². The van der Waals surface area contributed by atoms with Crippen molar-refractivity contribution in [3.8, 4) is 11.1 Å². The first-order valence-electron chi connectivity index (χ1n) is 7.20. The van der Waals surface area contributed by atoms with Gasteiger partial charge in [-0.15, -0.1) is 0 Å². The van der Waals surface area contributed by atoms with Crippen molar-refractivity contribution in [1.82, 2.24) is 0 Å². The third kappa shape index (κ3) is 3.07. The van der Waals surface area contributed by atoms with Crippen molar-refractivity contribution in [3.05, 3.63) is 59.2 Å². The molecule has 0 amide bonds. The Kier molecular flexibility index (Phi) is 4.09. The van der Waals surface area contributed by atoms with E-state index in [1.807, 2.05) is 0 Å². The van der Waals surface area contributed by atoms with Gasteiger partial charge in [-0.05, 0) is 41.0 Å². The van der Waals surface area contributed by atoms with Crippen molar-refractivity contribution in [2.75, 3.05) is 0 Å². The van der Waals surface area contributed by atoms with Crippen LogP contribution >= 0.6 is 0 Å². The summed E-state index contributed by atoms with van der Waals surface area (Å²) in [7, 11) is 0. The molecule has 0 unspecified atom stereocenters. The van der Waals surface area contributed by atoms with E-state index in [1.165, 1.54) is 27.8 Å². The van der Waals surface area contributed by atoms with E-state index in [0.717, 1.165) is 0 Å². The Bertz CT molecular complexity index is 545. The van der Waals surface area contributed by atoms with Crippen LogP contribution in [0.1, 0.15) is 56.2 Å². The molecule has 0 aliphatic heterocycles. The summed E-state index contributed by atoms with van der Waals surface area (Å²) in [6, 6.07) is 15.8. The highest BCUT2D eigenvalue weighted by Gasteiger charge is 2.10. The zero-order valence-electron chi connectivity index (χ0n) is 12.7. The fourth-order valence-corrected chi connectivity index (χ4v) is 2.42. The number of benzene rings is 2. The van der Waals surface area contributed by atoms with E-state index in [-0.39, 0.29) is 0 Å². The second kappa shape index (κ2) is 5.61. The molecule has 0 saturated heterocycles. The minimum Gasteiger partial charge on any atom is -0.0587 e. The molecule has 0 atom stereocenters. The molecule has 0 aromatic heterocycles. The second-order valence-electron chi connectivity index (χ2n) is 6.02. The van der Waals surface area contributed by atoms with Gasteiger partial charge in [-0.3, -0.25) is 0 Å². The average Bonchev–Trinajstić information content (AvgIpc) is 2.38. The molecule has 0 fully saturated rings. The van der Waals surface area contributed by atoms with Crippen molar-refractivity contribution in [3.63, 3.8) is 0 Å². The predicted molar refractivity (Wildman–Crippen MR) is 84.8 cm³/mol. The molecule has 2 aromatic carbocycles. The molecule has 0 nitrogen and oxygen atoms in total. The first kappa shape index (κ1) is 13.9. The maximum absolute atomic E-state index is 2.37. The topological polar surface area (TPSA) is 0 Å². The number of rotatable bonds is 3. The molecule has 0 aliphatic carbocycles. The Morgan fingerprint density at radius 2 is 1.37 bits per heavy atom. The quantitative estimate of drug-likeness (QED) is 0.637. The van der Waals surface area contributed by atoms with E-state index in [0.29, 0.717) is 11.8 Å². The lowest BCUT2D eigenvalue weighted by molar-refractivity contribution is 0.847. The van der Waals surface area contributed by atoms with Crippen LogP contribution in [0.5, 0.6) is 0 Å². The van der Waals surface area contributed by atoms with Gasteiger partial charge in [0, 0.05) is 0 Å². The summed E-state index contributed by atoms with van der Waals surface area (Å²) in [4.78, 5) is 0. The third-order valence-corrected chi connectivity index (χ3v) is 3.73. The maximum Gasteiger partial charge on any atom is -0.0146 e. The summed E-state index contributed by atoms with van der Waals surface area (Å²) >= 11 is 0.